The van der Waals surface area contributed by atoms with Crippen molar-refractivity contribution in [3.63, 3.8) is 0 Å². The number of rotatable bonds is 8. The van der Waals surface area contributed by atoms with Crippen LogP contribution in [0, 0.1) is 0 Å². The molecule has 0 radical (unpaired) electrons. The zero-order valence-corrected chi connectivity index (χ0v) is 11.0. The van der Waals surface area contributed by atoms with Crippen LogP contribution in [0.15, 0.2) is 0 Å². The quantitative estimate of drug-likeness (QED) is 0.603. The van der Waals surface area contributed by atoms with Crippen molar-refractivity contribution in [3.8, 4) is 0 Å². The van der Waals surface area contributed by atoms with Crippen molar-refractivity contribution in [2.24, 2.45) is 0 Å². The van der Waals surface area contributed by atoms with Crippen LogP contribution < -0.4 is 5.32 Å². The highest BCUT2D eigenvalue weighted by Crippen LogP contribution is 2.06. The molecule has 0 aromatic rings. The molecule has 0 aliphatic heterocycles. The van der Waals surface area contributed by atoms with E-state index in [1.807, 2.05) is 19.0 Å². The number of likely N-dealkylation sites (N-methyl/N-ethyl adjacent to an activating group) is 1. The number of amides is 1. The lowest BCUT2D eigenvalue weighted by Gasteiger charge is -2.21. The number of nitrogens with zero attached hydrogens (tertiary/aromatic N) is 1. The van der Waals surface area contributed by atoms with Gasteiger partial charge in [-0.25, -0.2) is 0 Å². The van der Waals surface area contributed by atoms with E-state index in [0.717, 1.165) is 6.54 Å². The first-order valence-corrected chi connectivity index (χ1v) is 5.46. The summed E-state index contributed by atoms with van der Waals surface area (Å²) in [6.07, 6.45) is 0. The van der Waals surface area contributed by atoms with Gasteiger partial charge in [0.15, 0.2) is 0 Å². The fraction of sp³-hybridized carbons (Fsp3) is 0.909. The van der Waals surface area contributed by atoms with Crippen LogP contribution >= 0.6 is 0 Å². The molecule has 5 heteroatoms. The van der Waals surface area contributed by atoms with Crippen LogP contribution in [0.3, 0.4) is 0 Å². The summed E-state index contributed by atoms with van der Waals surface area (Å²) in [6.45, 7) is 6.07. The van der Waals surface area contributed by atoms with Crippen molar-refractivity contribution in [3.05, 3.63) is 0 Å². The Morgan fingerprint density at radius 3 is 2.44 bits per heavy atom. The van der Waals surface area contributed by atoms with Crippen molar-refractivity contribution in [2.45, 2.75) is 19.4 Å². The van der Waals surface area contributed by atoms with Gasteiger partial charge in [0.2, 0.25) is 0 Å². The fourth-order valence-electron chi connectivity index (χ4n) is 0.891. The summed E-state index contributed by atoms with van der Waals surface area (Å²) in [7, 11) is 5.51. The topological polar surface area (TPSA) is 50.8 Å². The molecule has 5 nitrogen and oxygen atoms in total. The number of ether oxygens (including phenoxy) is 2. The average Bonchev–Trinajstić information content (AvgIpc) is 2.22. The van der Waals surface area contributed by atoms with Gasteiger partial charge in [0.1, 0.15) is 5.60 Å². The SMILES string of the molecule is COC(C)(C)C(=O)NCCOCCN(C)C. The molecule has 0 aliphatic carbocycles. The number of hydrogen-bond donors (Lipinski definition) is 1. The summed E-state index contributed by atoms with van der Waals surface area (Å²) < 4.78 is 10.4. The Morgan fingerprint density at radius 2 is 1.94 bits per heavy atom. The maximum atomic E-state index is 11.5. The fourth-order valence-corrected chi connectivity index (χ4v) is 0.891. The molecule has 0 heterocycles. The lowest BCUT2D eigenvalue weighted by molar-refractivity contribution is -0.139. The van der Waals surface area contributed by atoms with Gasteiger partial charge < -0.3 is 19.7 Å². The highest BCUT2D eigenvalue weighted by Gasteiger charge is 2.26. The van der Waals surface area contributed by atoms with E-state index in [4.69, 9.17) is 9.47 Å². The van der Waals surface area contributed by atoms with Gasteiger partial charge in [-0.3, -0.25) is 4.79 Å². The van der Waals surface area contributed by atoms with E-state index in [1.54, 1.807) is 13.8 Å². The Balaban J connectivity index is 3.49. The molecule has 0 saturated heterocycles. The first-order valence-electron chi connectivity index (χ1n) is 5.46. The van der Waals surface area contributed by atoms with E-state index >= 15 is 0 Å². The van der Waals surface area contributed by atoms with Crippen molar-refractivity contribution in [1.82, 2.24) is 10.2 Å². The van der Waals surface area contributed by atoms with Gasteiger partial charge in [-0.05, 0) is 27.9 Å². The molecule has 0 saturated carbocycles. The summed E-state index contributed by atoms with van der Waals surface area (Å²) in [5.74, 6) is -0.119. The van der Waals surface area contributed by atoms with E-state index in [0.29, 0.717) is 19.8 Å². The Morgan fingerprint density at radius 1 is 1.31 bits per heavy atom. The minimum Gasteiger partial charge on any atom is -0.378 e. The Labute approximate surface area is 98.1 Å². The summed E-state index contributed by atoms with van der Waals surface area (Å²) in [4.78, 5) is 13.6. The van der Waals surface area contributed by atoms with Crippen LogP contribution in [0.5, 0.6) is 0 Å². The highest BCUT2D eigenvalue weighted by atomic mass is 16.5. The van der Waals surface area contributed by atoms with E-state index in [9.17, 15) is 4.79 Å². The minimum absolute atomic E-state index is 0.119. The van der Waals surface area contributed by atoms with E-state index in [1.165, 1.54) is 7.11 Å². The molecular formula is C11H24N2O3. The number of carbonyl (C=O) groups is 1. The zero-order chi connectivity index (χ0) is 12.6. The second kappa shape index (κ2) is 7.60. The summed E-state index contributed by atoms with van der Waals surface area (Å²) in [5, 5.41) is 2.76. The van der Waals surface area contributed by atoms with Crippen molar-refractivity contribution < 1.29 is 14.3 Å². The molecule has 0 aromatic carbocycles. The predicted octanol–water partition coefficient (Wildman–Crippen LogP) is 0.106. The minimum atomic E-state index is -0.774. The Hall–Kier alpha value is -0.650. The van der Waals surface area contributed by atoms with Crippen LogP contribution in [0.1, 0.15) is 13.8 Å². The van der Waals surface area contributed by atoms with E-state index < -0.39 is 5.60 Å². The third kappa shape index (κ3) is 6.76. The maximum absolute atomic E-state index is 11.5. The van der Waals surface area contributed by atoms with Gasteiger partial charge in [-0.2, -0.15) is 0 Å². The van der Waals surface area contributed by atoms with Crippen molar-refractivity contribution in [1.29, 1.82) is 0 Å². The van der Waals surface area contributed by atoms with Gasteiger partial charge >= 0.3 is 0 Å². The summed E-state index contributed by atoms with van der Waals surface area (Å²) >= 11 is 0. The molecule has 0 rings (SSSR count). The second-order valence-electron chi connectivity index (χ2n) is 4.39. The van der Waals surface area contributed by atoms with Gasteiger partial charge in [0.25, 0.3) is 5.91 Å². The maximum Gasteiger partial charge on any atom is 0.251 e. The van der Waals surface area contributed by atoms with Crippen LogP contribution in [0.4, 0.5) is 0 Å². The van der Waals surface area contributed by atoms with Crippen LogP contribution in [0.25, 0.3) is 0 Å². The lowest BCUT2D eigenvalue weighted by atomic mass is 10.1. The Kier molecular flexibility index (Phi) is 7.29. The number of hydrogen-bond acceptors (Lipinski definition) is 4. The van der Waals surface area contributed by atoms with Gasteiger partial charge in [0.05, 0.1) is 13.2 Å². The Bertz CT molecular complexity index is 205. The summed E-state index contributed by atoms with van der Waals surface area (Å²) in [5.41, 5.74) is -0.774. The first-order chi connectivity index (χ1) is 7.40. The first kappa shape index (κ1) is 15.3. The third-order valence-electron chi connectivity index (χ3n) is 2.27. The standard InChI is InChI=1S/C11H24N2O3/c1-11(2,15-5)10(14)12-6-8-16-9-7-13(3)4/h6-9H2,1-5H3,(H,12,14). The molecular weight excluding hydrogens is 208 g/mol. The lowest BCUT2D eigenvalue weighted by Crippen LogP contribution is -2.44. The molecule has 0 spiro atoms. The van der Waals surface area contributed by atoms with Gasteiger partial charge in [-0.1, -0.05) is 0 Å². The number of carbonyl (C=O) groups excluding carboxylic acids is 1. The molecule has 16 heavy (non-hydrogen) atoms. The van der Waals surface area contributed by atoms with Crippen LogP contribution in [-0.2, 0) is 14.3 Å². The van der Waals surface area contributed by atoms with Gasteiger partial charge in [0, 0.05) is 20.2 Å². The molecule has 0 fully saturated rings. The zero-order valence-electron chi connectivity index (χ0n) is 11.0. The van der Waals surface area contributed by atoms with E-state index in [-0.39, 0.29) is 5.91 Å². The van der Waals surface area contributed by atoms with Crippen molar-refractivity contribution >= 4 is 5.91 Å². The molecule has 0 unspecified atom stereocenters. The number of nitrogens with one attached hydrogen (secondary N) is 1. The van der Waals surface area contributed by atoms with Crippen LogP contribution in [0.2, 0.25) is 0 Å². The average molecular weight is 232 g/mol. The molecule has 1 N–H and O–H groups in total. The molecule has 0 aromatic heterocycles. The summed E-state index contributed by atoms with van der Waals surface area (Å²) in [6, 6.07) is 0. The predicted molar refractivity (Wildman–Crippen MR) is 63.5 cm³/mol. The monoisotopic (exact) mass is 232 g/mol. The molecule has 0 aliphatic rings. The highest BCUT2D eigenvalue weighted by molar-refractivity contribution is 5.84. The van der Waals surface area contributed by atoms with Gasteiger partial charge in [-0.15, -0.1) is 0 Å². The molecule has 96 valence electrons. The second-order valence-corrected chi connectivity index (χ2v) is 4.39. The molecule has 0 atom stereocenters. The smallest absolute Gasteiger partial charge is 0.251 e. The largest absolute Gasteiger partial charge is 0.378 e. The van der Waals surface area contributed by atoms with E-state index in [2.05, 4.69) is 5.32 Å². The normalized spacial score (nSPS) is 11.9. The van der Waals surface area contributed by atoms with Crippen molar-refractivity contribution in [2.75, 3.05) is 47.5 Å². The third-order valence-corrected chi connectivity index (χ3v) is 2.27. The molecule has 1 amide bonds. The number of methoxy groups -OCH3 is 1. The van der Waals surface area contributed by atoms with Crippen LogP contribution in [-0.4, -0.2) is 63.9 Å². The molecule has 0 bridgehead atoms.